The zero-order valence-electron chi connectivity index (χ0n) is 23.4. The maximum absolute atomic E-state index is 15.5. The van der Waals surface area contributed by atoms with Gasteiger partial charge in [-0.25, -0.2) is 19.3 Å². The number of carboxylic acids is 1. The lowest BCUT2D eigenvalue weighted by atomic mass is 9.85. The summed E-state index contributed by atoms with van der Waals surface area (Å²) in [6, 6.07) is 9.44. The van der Waals surface area contributed by atoms with Crippen LogP contribution in [0.1, 0.15) is 50.5 Å². The van der Waals surface area contributed by atoms with Crippen molar-refractivity contribution in [3.63, 3.8) is 0 Å². The molecule has 11 heteroatoms. The number of carbonyl (C=O) groups is 1. The number of carboxylic acid groups (broad SMARTS) is 1. The first-order valence-corrected chi connectivity index (χ1v) is 14.3. The van der Waals surface area contributed by atoms with Crippen molar-refractivity contribution in [3.05, 3.63) is 66.0 Å². The van der Waals surface area contributed by atoms with Gasteiger partial charge in [-0.05, 0) is 43.2 Å². The largest absolute Gasteiger partial charge is 0.481 e. The third-order valence-corrected chi connectivity index (χ3v) is 8.71. The number of fused-ring (bicyclic) bond motifs is 3. The number of benzene rings is 2. The van der Waals surface area contributed by atoms with Gasteiger partial charge in [-0.1, -0.05) is 32.0 Å². The van der Waals surface area contributed by atoms with Crippen molar-refractivity contribution < 1.29 is 27.8 Å². The Labute approximate surface area is 241 Å². The molecule has 1 N–H and O–H groups in total. The van der Waals surface area contributed by atoms with Gasteiger partial charge in [0, 0.05) is 54.7 Å². The van der Waals surface area contributed by atoms with Gasteiger partial charge in [0.15, 0.2) is 0 Å². The normalized spacial score (nSPS) is 20.8. The van der Waals surface area contributed by atoms with Crippen molar-refractivity contribution in [1.82, 2.24) is 19.5 Å². The standard InChI is InChI=1S/C31H32F3N5O3/c1-3-24(20-7-5-6-8-26(20)42-30(33)34)39-25-11-21(22(32)12-23(25)37-27(39)4-2)19-13-35-31(36-14-19)38-15-17-9-10-18(16-38)28(17)29(40)41/h5-8,11-14,17-18,24,28,30H,3-4,9-10,15-16H2,1-2H3,(H,40,41)/t17?,18?,24-,28?/m1/s1. The average Bonchev–Trinajstić information content (AvgIpc) is 3.46. The Morgan fingerprint density at radius 3 is 2.40 bits per heavy atom. The number of aryl methyl sites for hydroxylation is 1. The van der Waals surface area contributed by atoms with Crippen LogP contribution in [-0.2, 0) is 11.2 Å². The molecule has 2 unspecified atom stereocenters. The highest BCUT2D eigenvalue weighted by Crippen LogP contribution is 2.43. The molecule has 2 aliphatic rings. The number of nitrogens with zero attached hydrogens (tertiary/aromatic N) is 5. The first kappa shape index (κ1) is 28.0. The molecule has 1 aliphatic heterocycles. The van der Waals surface area contributed by atoms with Crippen molar-refractivity contribution in [3.8, 4) is 16.9 Å². The number of hydrogen-bond acceptors (Lipinski definition) is 6. The number of halogens is 3. The Morgan fingerprint density at radius 1 is 1.10 bits per heavy atom. The van der Waals surface area contributed by atoms with Gasteiger partial charge in [0.25, 0.3) is 0 Å². The molecule has 3 heterocycles. The van der Waals surface area contributed by atoms with Crippen LogP contribution in [0.4, 0.5) is 19.1 Å². The first-order chi connectivity index (χ1) is 20.3. The fourth-order valence-corrected chi connectivity index (χ4v) is 6.90. The maximum Gasteiger partial charge on any atom is 0.387 e. The number of aromatic nitrogens is 4. The zero-order chi connectivity index (χ0) is 29.5. The van der Waals surface area contributed by atoms with E-state index in [0.29, 0.717) is 65.4 Å². The SMILES string of the molecule is CCc1nc2cc(F)c(-c3cnc(N4CC5CCC(C4)C5C(=O)O)nc3)cc2n1[C@H](CC)c1ccccc1OC(F)F. The lowest BCUT2D eigenvalue weighted by Gasteiger charge is -2.35. The molecule has 3 atom stereocenters. The summed E-state index contributed by atoms with van der Waals surface area (Å²) in [4.78, 5) is 27.5. The maximum atomic E-state index is 15.5. The highest BCUT2D eigenvalue weighted by molar-refractivity contribution is 5.83. The molecule has 2 aromatic carbocycles. The molecule has 2 aromatic heterocycles. The lowest BCUT2D eigenvalue weighted by Crippen LogP contribution is -2.45. The van der Waals surface area contributed by atoms with Crippen molar-refractivity contribution >= 4 is 23.0 Å². The molecule has 220 valence electrons. The quantitative estimate of drug-likeness (QED) is 0.247. The van der Waals surface area contributed by atoms with Crippen LogP contribution < -0.4 is 9.64 Å². The van der Waals surface area contributed by atoms with E-state index in [9.17, 15) is 18.7 Å². The monoisotopic (exact) mass is 579 g/mol. The van der Waals surface area contributed by atoms with Crippen molar-refractivity contribution in [2.24, 2.45) is 17.8 Å². The molecule has 1 saturated carbocycles. The molecule has 0 radical (unpaired) electrons. The molecule has 0 spiro atoms. The molecular formula is C31H32F3N5O3. The van der Waals surface area contributed by atoms with Gasteiger partial charge in [-0.15, -0.1) is 0 Å². The highest BCUT2D eigenvalue weighted by atomic mass is 19.3. The summed E-state index contributed by atoms with van der Waals surface area (Å²) in [7, 11) is 0. The van der Waals surface area contributed by atoms with Gasteiger partial charge in [0.05, 0.1) is 23.0 Å². The fourth-order valence-electron chi connectivity index (χ4n) is 6.90. The number of ether oxygens (including phenoxy) is 1. The Kier molecular flexibility index (Phi) is 7.51. The molecular weight excluding hydrogens is 547 g/mol. The topological polar surface area (TPSA) is 93.4 Å². The second-order valence-corrected chi connectivity index (χ2v) is 11.1. The van der Waals surface area contributed by atoms with Crippen LogP contribution in [0.3, 0.4) is 0 Å². The van der Waals surface area contributed by atoms with E-state index >= 15 is 4.39 Å². The number of alkyl halides is 2. The molecule has 4 aromatic rings. The van der Waals surface area contributed by atoms with E-state index in [-0.39, 0.29) is 29.5 Å². The van der Waals surface area contributed by atoms with Crippen molar-refractivity contribution in [2.75, 3.05) is 18.0 Å². The van der Waals surface area contributed by atoms with Crippen LogP contribution in [0, 0.1) is 23.6 Å². The van der Waals surface area contributed by atoms with E-state index in [4.69, 9.17) is 4.74 Å². The lowest BCUT2D eigenvalue weighted by molar-refractivity contribution is -0.144. The second-order valence-electron chi connectivity index (χ2n) is 11.1. The number of para-hydroxylation sites is 1. The van der Waals surface area contributed by atoms with Gasteiger partial charge < -0.3 is 19.3 Å². The van der Waals surface area contributed by atoms with Gasteiger partial charge in [0.1, 0.15) is 17.4 Å². The van der Waals surface area contributed by atoms with Gasteiger partial charge >= 0.3 is 12.6 Å². The Morgan fingerprint density at radius 2 is 1.79 bits per heavy atom. The van der Waals surface area contributed by atoms with Crippen molar-refractivity contribution in [1.29, 1.82) is 0 Å². The van der Waals surface area contributed by atoms with Crippen LogP contribution in [0.5, 0.6) is 5.75 Å². The highest BCUT2D eigenvalue weighted by Gasteiger charge is 2.46. The number of rotatable bonds is 9. The average molecular weight is 580 g/mol. The van der Waals surface area contributed by atoms with E-state index in [1.165, 1.54) is 12.1 Å². The van der Waals surface area contributed by atoms with Gasteiger partial charge in [-0.2, -0.15) is 8.78 Å². The van der Waals surface area contributed by atoms with Crippen LogP contribution in [-0.4, -0.2) is 50.3 Å². The summed E-state index contributed by atoms with van der Waals surface area (Å²) in [5.41, 5.74) is 2.51. The summed E-state index contributed by atoms with van der Waals surface area (Å²) < 4.78 is 48.7. The third-order valence-electron chi connectivity index (χ3n) is 8.71. The summed E-state index contributed by atoms with van der Waals surface area (Å²) >= 11 is 0. The third kappa shape index (κ3) is 4.94. The summed E-state index contributed by atoms with van der Waals surface area (Å²) in [6.45, 7) is 2.11. The second kappa shape index (κ2) is 11.3. The molecule has 1 aliphatic carbocycles. The molecule has 8 nitrogen and oxygen atoms in total. The van der Waals surface area contributed by atoms with Crippen LogP contribution in [0.25, 0.3) is 22.2 Å². The number of anilines is 1. The fraction of sp³-hybridized carbons (Fsp3) is 0.419. The Balaban J connectivity index is 1.36. The summed E-state index contributed by atoms with van der Waals surface area (Å²) in [5.74, 6) is -0.0888. The predicted octanol–water partition coefficient (Wildman–Crippen LogP) is 6.34. The van der Waals surface area contributed by atoms with E-state index in [1.54, 1.807) is 36.7 Å². The van der Waals surface area contributed by atoms with Gasteiger partial charge in [0.2, 0.25) is 5.95 Å². The minimum absolute atomic E-state index is 0.0696. The van der Waals surface area contributed by atoms with E-state index in [0.717, 1.165) is 12.8 Å². The molecule has 0 amide bonds. The smallest absolute Gasteiger partial charge is 0.387 e. The van der Waals surface area contributed by atoms with E-state index < -0.39 is 18.4 Å². The van der Waals surface area contributed by atoms with E-state index in [1.807, 2.05) is 23.3 Å². The summed E-state index contributed by atoms with van der Waals surface area (Å²) in [5, 5.41) is 9.61. The minimum Gasteiger partial charge on any atom is -0.481 e. The van der Waals surface area contributed by atoms with E-state index in [2.05, 4.69) is 15.0 Å². The zero-order valence-corrected chi connectivity index (χ0v) is 23.4. The Hall–Kier alpha value is -4.15. The molecule has 6 rings (SSSR count). The predicted molar refractivity (Wildman–Crippen MR) is 151 cm³/mol. The van der Waals surface area contributed by atoms with Crippen LogP contribution in [0.2, 0.25) is 0 Å². The summed E-state index contributed by atoms with van der Waals surface area (Å²) in [6.07, 6.45) is 6.05. The Bertz CT molecular complexity index is 1600. The molecule has 1 saturated heterocycles. The van der Waals surface area contributed by atoms with Gasteiger partial charge in [-0.3, -0.25) is 4.79 Å². The number of hydrogen-bond donors (Lipinski definition) is 1. The molecule has 2 bridgehead atoms. The first-order valence-electron chi connectivity index (χ1n) is 14.3. The molecule has 42 heavy (non-hydrogen) atoms. The molecule has 2 fully saturated rings. The van der Waals surface area contributed by atoms with Crippen LogP contribution in [0.15, 0.2) is 48.8 Å². The van der Waals surface area contributed by atoms with Crippen LogP contribution >= 0.6 is 0 Å². The number of piperidine rings is 1. The number of aliphatic carboxylic acids is 1. The van der Waals surface area contributed by atoms with Crippen molar-refractivity contribution in [2.45, 2.75) is 52.2 Å². The minimum atomic E-state index is -2.96. The number of imidazole rings is 1.